The van der Waals surface area contributed by atoms with Gasteiger partial charge in [-0.25, -0.2) is 0 Å². The van der Waals surface area contributed by atoms with Crippen molar-refractivity contribution in [3.63, 3.8) is 0 Å². The van der Waals surface area contributed by atoms with E-state index >= 15 is 0 Å². The van der Waals surface area contributed by atoms with Crippen LogP contribution >= 0.6 is 0 Å². The van der Waals surface area contributed by atoms with Crippen LogP contribution in [0, 0.1) is 12.8 Å². The maximum atomic E-state index is 11.9. The van der Waals surface area contributed by atoms with Crippen LogP contribution in [0.4, 0.5) is 0 Å². The van der Waals surface area contributed by atoms with Gasteiger partial charge in [0, 0.05) is 7.11 Å². The van der Waals surface area contributed by atoms with Gasteiger partial charge in [0.15, 0.2) is 0 Å². The molecule has 18 heavy (non-hydrogen) atoms. The van der Waals surface area contributed by atoms with Crippen LogP contribution in [0.5, 0.6) is 0 Å². The van der Waals surface area contributed by atoms with E-state index in [1.54, 1.807) is 31.4 Å². The Morgan fingerprint density at radius 3 is 2.17 bits per heavy atom. The highest BCUT2D eigenvalue weighted by Crippen LogP contribution is 2.15. The Morgan fingerprint density at radius 2 is 1.72 bits per heavy atom. The van der Waals surface area contributed by atoms with Gasteiger partial charge < -0.3 is 4.74 Å². The second-order valence-electron chi connectivity index (χ2n) is 4.57. The summed E-state index contributed by atoms with van der Waals surface area (Å²) in [5, 5.41) is 0. The molecule has 1 unspecified atom stereocenters. The SMILES string of the molecule is COC(COS(=O)(=O)c1ccc(C)cc1)C(C)C. The fourth-order valence-corrected chi connectivity index (χ4v) is 2.38. The van der Waals surface area contributed by atoms with Gasteiger partial charge in [-0.2, -0.15) is 8.42 Å². The molecule has 102 valence electrons. The van der Waals surface area contributed by atoms with Crippen LogP contribution in [0.25, 0.3) is 0 Å². The molecule has 4 nitrogen and oxygen atoms in total. The molecule has 1 atom stereocenters. The molecule has 1 aromatic carbocycles. The molecule has 5 heteroatoms. The van der Waals surface area contributed by atoms with E-state index in [1.165, 1.54) is 0 Å². The number of aryl methyl sites for hydroxylation is 1. The molecule has 0 amide bonds. The highest BCUT2D eigenvalue weighted by Gasteiger charge is 2.20. The number of rotatable bonds is 6. The van der Waals surface area contributed by atoms with Crippen molar-refractivity contribution in [1.82, 2.24) is 0 Å². The minimum absolute atomic E-state index is 0.0321. The van der Waals surface area contributed by atoms with E-state index in [2.05, 4.69) is 0 Å². The first kappa shape index (κ1) is 15.1. The second-order valence-corrected chi connectivity index (χ2v) is 6.19. The number of hydrogen-bond acceptors (Lipinski definition) is 4. The summed E-state index contributed by atoms with van der Waals surface area (Å²) >= 11 is 0. The number of methoxy groups -OCH3 is 1. The molecule has 0 fully saturated rings. The van der Waals surface area contributed by atoms with Crippen LogP contribution < -0.4 is 0 Å². The molecule has 0 aliphatic heterocycles. The summed E-state index contributed by atoms with van der Waals surface area (Å²) in [4.78, 5) is 0.173. The topological polar surface area (TPSA) is 52.6 Å². The first-order chi connectivity index (χ1) is 8.36. The van der Waals surface area contributed by atoms with Gasteiger partial charge in [0.2, 0.25) is 0 Å². The highest BCUT2D eigenvalue weighted by atomic mass is 32.2. The lowest BCUT2D eigenvalue weighted by molar-refractivity contribution is 0.0281. The van der Waals surface area contributed by atoms with E-state index in [0.717, 1.165) is 5.56 Å². The van der Waals surface area contributed by atoms with Gasteiger partial charge in [-0.15, -0.1) is 0 Å². The van der Waals surface area contributed by atoms with Gasteiger partial charge in [-0.05, 0) is 25.0 Å². The average molecular weight is 272 g/mol. The average Bonchev–Trinajstić information content (AvgIpc) is 2.29. The van der Waals surface area contributed by atoms with Crippen LogP contribution in [0.15, 0.2) is 29.2 Å². The van der Waals surface area contributed by atoms with Crippen LogP contribution in [0.1, 0.15) is 19.4 Å². The fraction of sp³-hybridized carbons (Fsp3) is 0.538. The summed E-state index contributed by atoms with van der Waals surface area (Å²) in [7, 11) is -2.15. The molecule has 0 aromatic heterocycles. The first-order valence-electron chi connectivity index (χ1n) is 5.85. The number of benzene rings is 1. The number of hydrogen-bond donors (Lipinski definition) is 0. The Bertz CT molecular complexity index is 462. The van der Waals surface area contributed by atoms with E-state index in [0.29, 0.717) is 0 Å². The summed E-state index contributed by atoms with van der Waals surface area (Å²) in [5.41, 5.74) is 1.01. The van der Waals surface area contributed by atoms with Crippen molar-refractivity contribution in [1.29, 1.82) is 0 Å². The monoisotopic (exact) mass is 272 g/mol. The standard InChI is InChI=1S/C13H20O4S/c1-10(2)13(16-4)9-17-18(14,15)12-7-5-11(3)6-8-12/h5-8,10,13H,9H2,1-4H3. The van der Waals surface area contributed by atoms with E-state index < -0.39 is 10.1 Å². The molecular weight excluding hydrogens is 252 g/mol. The lowest BCUT2D eigenvalue weighted by atomic mass is 10.1. The van der Waals surface area contributed by atoms with Crippen molar-refractivity contribution >= 4 is 10.1 Å². The Kier molecular flexibility index (Phi) is 5.31. The van der Waals surface area contributed by atoms with Gasteiger partial charge in [-0.1, -0.05) is 31.5 Å². The molecule has 0 spiro atoms. The van der Waals surface area contributed by atoms with Gasteiger partial charge in [0.05, 0.1) is 17.6 Å². The molecule has 1 aromatic rings. The molecule has 0 N–H and O–H groups in total. The van der Waals surface area contributed by atoms with Crippen molar-refractivity contribution in [2.24, 2.45) is 5.92 Å². The van der Waals surface area contributed by atoms with Gasteiger partial charge in [0.25, 0.3) is 10.1 Å². The molecule has 0 aliphatic carbocycles. The third-order valence-corrected chi connectivity index (χ3v) is 4.04. The molecule has 0 saturated carbocycles. The van der Waals surface area contributed by atoms with E-state index in [-0.39, 0.29) is 23.5 Å². The molecule has 0 bridgehead atoms. The van der Waals surface area contributed by atoms with Crippen LogP contribution in [0.3, 0.4) is 0 Å². The first-order valence-corrected chi connectivity index (χ1v) is 7.26. The maximum Gasteiger partial charge on any atom is 0.297 e. The smallest absolute Gasteiger partial charge is 0.297 e. The lowest BCUT2D eigenvalue weighted by Crippen LogP contribution is -2.26. The zero-order chi connectivity index (χ0) is 13.8. The third kappa shape index (κ3) is 4.08. The second kappa shape index (κ2) is 6.31. The zero-order valence-electron chi connectivity index (χ0n) is 11.2. The summed E-state index contributed by atoms with van der Waals surface area (Å²) in [5.74, 6) is 0.197. The molecule has 1 rings (SSSR count). The van der Waals surface area contributed by atoms with E-state index in [1.807, 2.05) is 20.8 Å². The van der Waals surface area contributed by atoms with Crippen molar-refractivity contribution in [3.8, 4) is 0 Å². The Morgan fingerprint density at radius 1 is 1.17 bits per heavy atom. The van der Waals surface area contributed by atoms with Crippen LogP contribution in [-0.4, -0.2) is 28.2 Å². The van der Waals surface area contributed by atoms with Crippen LogP contribution in [0.2, 0.25) is 0 Å². The third-order valence-electron chi connectivity index (χ3n) is 2.74. The molecule has 0 heterocycles. The van der Waals surface area contributed by atoms with Gasteiger partial charge >= 0.3 is 0 Å². The summed E-state index contributed by atoms with van der Waals surface area (Å²) in [6, 6.07) is 6.57. The Hall–Kier alpha value is -0.910. The number of ether oxygens (including phenoxy) is 1. The zero-order valence-corrected chi connectivity index (χ0v) is 12.0. The quantitative estimate of drug-likeness (QED) is 0.746. The van der Waals surface area contributed by atoms with E-state index in [4.69, 9.17) is 8.92 Å². The maximum absolute atomic E-state index is 11.9. The lowest BCUT2D eigenvalue weighted by Gasteiger charge is -2.18. The van der Waals surface area contributed by atoms with E-state index in [9.17, 15) is 8.42 Å². The van der Waals surface area contributed by atoms with Crippen molar-refractivity contribution in [2.45, 2.75) is 31.8 Å². The predicted molar refractivity (Wildman–Crippen MR) is 70.0 cm³/mol. The minimum atomic E-state index is -3.70. The van der Waals surface area contributed by atoms with Crippen molar-refractivity contribution < 1.29 is 17.3 Å². The van der Waals surface area contributed by atoms with Crippen LogP contribution in [-0.2, 0) is 19.0 Å². The van der Waals surface area contributed by atoms with Gasteiger partial charge in [0.1, 0.15) is 0 Å². The van der Waals surface area contributed by atoms with Crippen molar-refractivity contribution in [2.75, 3.05) is 13.7 Å². The largest absolute Gasteiger partial charge is 0.379 e. The molecule has 0 aliphatic rings. The molecule has 0 saturated heterocycles. The summed E-state index contributed by atoms with van der Waals surface area (Å²) < 4.78 is 34.0. The highest BCUT2D eigenvalue weighted by molar-refractivity contribution is 7.86. The predicted octanol–water partition coefficient (Wildman–Crippen LogP) is 2.37. The fourth-order valence-electron chi connectivity index (χ4n) is 1.46. The van der Waals surface area contributed by atoms with Gasteiger partial charge in [-0.3, -0.25) is 4.18 Å². The summed E-state index contributed by atoms with van der Waals surface area (Å²) in [6.45, 7) is 5.84. The Balaban J connectivity index is 2.73. The minimum Gasteiger partial charge on any atom is -0.379 e. The normalized spacial score (nSPS) is 13.8. The Labute approximate surface area is 109 Å². The summed E-state index contributed by atoms with van der Waals surface area (Å²) in [6.07, 6.45) is -0.231. The molecule has 0 radical (unpaired) electrons. The van der Waals surface area contributed by atoms with Crippen molar-refractivity contribution in [3.05, 3.63) is 29.8 Å². The molecular formula is C13H20O4S.